The lowest BCUT2D eigenvalue weighted by atomic mass is 9.56. The maximum absolute atomic E-state index is 13.4. The van der Waals surface area contributed by atoms with Crippen LogP contribution in [0.2, 0.25) is 0 Å². The number of amidine groups is 1. The first kappa shape index (κ1) is 29.3. The predicted molar refractivity (Wildman–Crippen MR) is 152 cm³/mol. The molecule has 1 N–H and O–H groups in total. The van der Waals surface area contributed by atoms with E-state index in [2.05, 4.69) is 47.4 Å². The van der Waals surface area contributed by atoms with Crippen molar-refractivity contribution in [3.63, 3.8) is 0 Å². The van der Waals surface area contributed by atoms with Gasteiger partial charge in [-0.3, -0.25) is 4.99 Å². The lowest BCUT2D eigenvalue weighted by Gasteiger charge is -2.52. The van der Waals surface area contributed by atoms with Crippen LogP contribution in [0.15, 0.2) is 39.8 Å². The third kappa shape index (κ3) is 7.78. The molecule has 35 heavy (non-hydrogen) atoms. The van der Waals surface area contributed by atoms with E-state index in [0.717, 1.165) is 50.6 Å². The molecule has 3 aliphatic rings. The minimum absolute atomic E-state index is 0.451. The molecule has 2 aliphatic heterocycles. The minimum atomic E-state index is -0.855. The van der Waals surface area contributed by atoms with E-state index in [-0.39, 0.29) is 0 Å². The van der Waals surface area contributed by atoms with Crippen LogP contribution in [-0.2, 0) is 0 Å². The third-order valence-corrected chi connectivity index (χ3v) is 7.27. The summed E-state index contributed by atoms with van der Waals surface area (Å²) in [5.74, 6) is -0.687. The summed E-state index contributed by atoms with van der Waals surface area (Å²) in [6, 6.07) is 3.83. The van der Waals surface area contributed by atoms with Gasteiger partial charge in [0, 0.05) is 36.0 Å². The van der Waals surface area contributed by atoms with E-state index in [1.54, 1.807) is 11.7 Å². The van der Waals surface area contributed by atoms with Gasteiger partial charge in [-0.05, 0) is 80.9 Å². The van der Waals surface area contributed by atoms with Crippen LogP contribution in [0.4, 0.5) is 8.78 Å². The summed E-state index contributed by atoms with van der Waals surface area (Å²) < 4.78 is 26.4. The van der Waals surface area contributed by atoms with Crippen molar-refractivity contribution in [3.05, 3.63) is 47.0 Å². The maximum Gasteiger partial charge on any atom is 0.159 e. The van der Waals surface area contributed by atoms with Crippen molar-refractivity contribution in [2.24, 2.45) is 21.3 Å². The SMILES string of the molecule is CC/C=C(/CC)C(C)=N.CS.Fc1ccc(C2=NCC(C3CC4(CCN(C=S)CC4)C3)=N2)cc1F. The summed E-state index contributed by atoms with van der Waals surface area (Å²) >= 11 is 8.53. The molecule has 2 heterocycles. The van der Waals surface area contributed by atoms with Gasteiger partial charge in [0.05, 0.1) is 12.0 Å². The molecule has 1 saturated carbocycles. The molecule has 0 aromatic heterocycles. The number of aliphatic imine (C=N–C) groups is 2. The zero-order chi connectivity index (χ0) is 26.0. The molecule has 4 rings (SSSR count). The number of piperidine rings is 1. The van der Waals surface area contributed by atoms with E-state index in [1.165, 1.54) is 30.5 Å². The van der Waals surface area contributed by atoms with Crippen LogP contribution in [0.1, 0.15) is 64.9 Å². The fourth-order valence-corrected chi connectivity index (χ4v) is 5.13. The van der Waals surface area contributed by atoms with Crippen molar-refractivity contribution >= 4 is 47.6 Å². The van der Waals surface area contributed by atoms with Gasteiger partial charge < -0.3 is 10.3 Å². The number of rotatable bonds is 6. The van der Waals surface area contributed by atoms with Crippen molar-refractivity contribution < 1.29 is 8.78 Å². The molecule has 0 atom stereocenters. The van der Waals surface area contributed by atoms with Gasteiger partial charge in [0.2, 0.25) is 0 Å². The Labute approximate surface area is 219 Å². The van der Waals surface area contributed by atoms with Gasteiger partial charge in [-0.25, -0.2) is 13.8 Å². The van der Waals surface area contributed by atoms with E-state index in [9.17, 15) is 8.78 Å². The lowest BCUT2D eigenvalue weighted by molar-refractivity contribution is 0.0318. The quantitative estimate of drug-likeness (QED) is 0.243. The summed E-state index contributed by atoms with van der Waals surface area (Å²) in [6.45, 7) is 8.71. The number of nitrogens with zero attached hydrogens (tertiary/aromatic N) is 3. The van der Waals surface area contributed by atoms with Gasteiger partial charge in [0.15, 0.2) is 17.5 Å². The number of nitrogens with one attached hydrogen (secondary N) is 1. The second-order valence-corrected chi connectivity index (χ2v) is 9.45. The fraction of sp³-hybridized carbons (Fsp3) is 0.556. The number of hydrogen-bond donors (Lipinski definition) is 2. The largest absolute Gasteiger partial charge is 0.369 e. The highest BCUT2D eigenvalue weighted by Crippen LogP contribution is 2.53. The molecule has 2 fully saturated rings. The zero-order valence-corrected chi connectivity index (χ0v) is 23.0. The Balaban J connectivity index is 0.000000335. The molecule has 0 amide bonds. The average Bonchev–Trinajstić information content (AvgIpc) is 3.34. The molecule has 1 aliphatic carbocycles. The van der Waals surface area contributed by atoms with Gasteiger partial charge in [0.25, 0.3) is 0 Å². The monoisotopic (exact) mass is 520 g/mol. The van der Waals surface area contributed by atoms with Crippen molar-refractivity contribution in [2.45, 2.75) is 59.3 Å². The molecule has 1 aromatic rings. The standard InChI is InChI=1S/C18H19F2N3S.C8H15N.CH4S/c19-14-2-1-12(7-15(14)20)17-21-10-16(22-17)13-8-18(9-13)3-5-23(11-24)6-4-18;1-4-6-8(5-2)7(3)9;1-2/h1-2,7,11,13H,3-6,8-10H2;6,9H,4-5H2,1-3H3;2H,1H3/b;8-6-,9-7?;. The lowest BCUT2D eigenvalue weighted by Crippen LogP contribution is -2.48. The van der Waals surface area contributed by atoms with E-state index >= 15 is 0 Å². The number of halogens is 2. The van der Waals surface area contributed by atoms with Crippen LogP contribution in [-0.4, -0.2) is 53.5 Å². The van der Waals surface area contributed by atoms with Gasteiger partial charge in [-0.15, -0.1) is 0 Å². The smallest absolute Gasteiger partial charge is 0.159 e. The van der Waals surface area contributed by atoms with Gasteiger partial charge in [-0.2, -0.15) is 12.6 Å². The van der Waals surface area contributed by atoms with Gasteiger partial charge in [-0.1, -0.05) is 32.1 Å². The molecule has 1 saturated heterocycles. The second kappa shape index (κ2) is 14.0. The zero-order valence-electron chi connectivity index (χ0n) is 21.3. The Morgan fingerprint density at radius 1 is 1.20 bits per heavy atom. The van der Waals surface area contributed by atoms with E-state index in [4.69, 9.17) is 17.6 Å². The predicted octanol–water partition coefficient (Wildman–Crippen LogP) is 6.93. The molecular formula is C27H38F2N4S2. The summed E-state index contributed by atoms with van der Waals surface area (Å²) in [7, 11) is 0. The van der Waals surface area contributed by atoms with Crippen molar-refractivity contribution in [2.75, 3.05) is 25.9 Å². The summed E-state index contributed by atoms with van der Waals surface area (Å²) in [5.41, 5.74) is 5.75. The number of thiocarbonyl (C=S) groups is 1. The third-order valence-electron chi connectivity index (χ3n) is 6.97. The maximum atomic E-state index is 13.4. The number of likely N-dealkylation sites (tertiary alicyclic amines) is 1. The topological polar surface area (TPSA) is 51.8 Å². The molecule has 0 bridgehead atoms. The van der Waals surface area contributed by atoms with E-state index < -0.39 is 11.6 Å². The first-order chi connectivity index (χ1) is 16.8. The van der Waals surface area contributed by atoms with Gasteiger partial charge in [0.1, 0.15) is 0 Å². The number of benzene rings is 1. The van der Waals surface area contributed by atoms with Gasteiger partial charge >= 0.3 is 0 Å². The van der Waals surface area contributed by atoms with Crippen LogP contribution in [0, 0.1) is 28.4 Å². The van der Waals surface area contributed by atoms with Crippen molar-refractivity contribution in [3.8, 4) is 0 Å². The summed E-state index contributed by atoms with van der Waals surface area (Å²) in [5, 5.41) is 7.29. The average molecular weight is 521 g/mol. The minimum Gasteiger partial charge on any atom is -0.369 e. The summed E-state index contributed by atoms with van der Waals surface area (Å²) in [4.78, 5) is 11.2. The second-order valence-electron chi connectivity index (χ2n) is 9.23. The van der Waals surface area contributed by atoms with Crippen LogP contribution in [0.3, 0.4) is 0 Å². The Morgan fingerprint density at radius 3 is 2.34 bits per heavy atom. The molecule has 1 spiro atoms. The Bertz CT molecular complexity index is 971. The van der Waals surface area contributed by atoms with Crippen LogP contribution in [0.25, 0.3) is 0 Å². The highest BCUT2D eigenvalue weighted by Gasteiger charge is 2.47. The number of thiol groups is 1. The van der Waals surface area contributed by atoms with E-state index in [0.29, 0.717) is 35.0 Å². The number of allylic oxidation sites excluding steroid dienone is 2. The van der Waals surface area contributed by atoms with Crippen LogP contribution in [0.5, 0.6) is 0 Å². The highest BCUT2D eigenvalue weighted by molar-refractivity contribution is 7.79. The first-order valence-corrected chi connectivity index (χ1v) is 13.6. The fourth-order valence-electron chi connectivity index (χ4n) is 4.92. The Kier molecular flexibility index (Phi) is 11.7. The molecule has 0 radical (unpaired) electrons. The molecule has 0 unspecified atom stereocenters. The molecule has 1 aromatic carbocycles. The molecular weight excluding hydrogens is 482 g/mol. The first-order valence-electron chi connectivity index (χ1n) is 12.3. The summed E-state index contributed by atoms with van der Waals surface area (Å²) in [6.07, 6.45) is 10.6. The molecule has 8 heteroatoms. The molecule has 4 nitrogen and oxygen atoms in total. The number of hydrogen-bond acceptors (Lipinski definition) is 5. The van der Waals surface area contributed by atoms with Crippen molar-refractivity contribution in [1.82, 2.24) is 4.90 Å². The Morgan fingerprint density at radius 2 is 1.86 bits per heavy atom. The van der Waals surface area contributed by atoms with Crippen molar-refractivity contribution in [1.29, 1.82) is 5.41 Å². The Hall–Kier alpha value is -1.93. The molecule has 192 valence electrons. The highest BCUT2D eigenvalue weighted by atomic mass is 32.1. The van der Waals surface area contributed by atoms with E-state index in [1.807, 2.05) is 6.92 Å². The van der Waals surface area contributed by atoms with Crippen LogP contribution >= 0.6 is 24.8 Å². The normalized spacial score (nSPS) is 18.9. The van der Waals surface area contributed by atoms with Crippen LogP contribution < -0.4 is 0 Å².